The van der Waals surface area contributed by atoms with Gasteiger partial charge in [-0.2, -0.15) is 4.98 Å². The van der Waals surface area contributed by atoms with Gasteiger partial charge in [-0.25, -0.2) is 13.5 Å². The molecule has 0 aliphatic carbocycles. The maximum absolute atomic E-state index is 13.5. The predicted molar refractivity (Wildman–Crippen MR) is 119 cm³/mol. The SMILES string of the molecule is Cc1cc(Nc2ncn(-c3cc(F)cc(F)c3)n2)cc(N2CC(N3CCOC[C@H]3C)C2)c1. The van der Waals surface area contributed by atoms with Gasteiger partial charge in [0, 0.05) is 49.2 Å². The number of nitrogens with zero attached hydrogens (tertiary/aromatic N) is 5. The molecule has 0 bridgehead atoms. The van der Waals surface area contributed by atoms with Gasteiger partial charge in [0.2, 0.25) is 5.95 Å². The van der Waals surface area contributed by atoms with E-state index in [1.165, 1.54) is 23.1 Å². The predicted octanol–water partition coefficient (Wildman–Crippen LogP) is 3.51. The lowest BCUT2D eigenvalue weighted by molar-refractivity contribution is -0.0274. The van der Waals surface area contributed by atoms with Gasteiger partial charge in [-0.15, -0.1) is 5.10 Å². The van der Waals surface area contributed by atoms with Crippen LogP contribution in [0.3, 0.4) is 0 Å². The molecule has 2 aliphatic rings. The average Bonchev–Trinajstić information content (AvgIpc) is 3.16. The number of aryl methyl sites for hydroxylation is 1. The van der Waals surface area contributed by atoms with E-state index in [0.29, 0.717) is 18.0 Å². The molecule has 9 heteroatoms. The highest BCUT2D eigenvalue weighted by Crippen LogP contribution is 2.30. The minimum Gasteiger partial charge on any atom is -0.379 e. The second-order valence-corrected chi connectivity index (χ2v) is 8.54. The first kappa shape index (κ1) is 20.8. The summed E-state index contributed by atoms with van der Waals surface area (Å²) in [6.07, 6.45) is 1.43. The lowest BCUT2D eigenvalue weighted by atomic mass is 10.0. The van der Waals surface area contributed by atoms with Gasteiger partial charge in [0.05, 0.1) is 18.9 Å². The molecule has 0 unspecified atom stereocenters. The Morgan fingerprint density at radius 2 is 1.81 bits per heavy atom. The molecular weight excluding hydrogens is 414 g/mol. The fourth-order valence-corrected chi connectivity index (χ4v) is 4.42. The third kappa shape index (κ3) is 4.31. The molecule has 2 aromatic carbocycles. The van der Waals surface area contributed by atoms with Crippen LogP contribution in [0.15, 0.2) is 42.7 Å². The molecule has 1 N–H and O–H groups in total. The van der Waals surface area contributed by atoms with Gasteiger partial charge in [0.25, 0.3) is 0 Å². The number of aromatic nitrogens is 3. The summed E-state index contributed by atoms with van der Waals surface area (Å²) in [5.41, 5.74) is 3.42. The van der Waals surface area contributed by atoms with E-state index in [0.717, 1.165) is 55.9 Å². The molecule has 168 valence electrons. The summed E-state index contributed by atoms with van der Waals surface area (Å²) >= 11 is 0. The van der Waals surface area contributed by atoms with Crippen LogP contribution in [0.25, 0.3) is 5.69 Å². The molecule has 7 nitrogen and oxygen atoms in total. The Morgan fingerprint density at radius 1 is 1.03 bits per heavy atom. The number of nitrogens with one attached hydrogen (secondary N) is 1. The lowest BCUT2D eigenvalue weighted by Gasteiger charge is -2.50. The average molecular weight is 440 g/mol. The highest BCUT2D eigenvalue weighted by atomic mass is 19.1. The van der Waals surface area contributed by atoms with Crippen LogP contribution in [-0.2, 0) is 4.74 Å². The van der Waals surface area contributed by atoms with E-state index in [1.807, 2.05) is 6.07 Å². The second-order valence-electron chi connectivity index (χ2n) is 8.54. The highest BCUT2D eigenvalue weighted by molar-refractivity contribution is 5.65. The lowest BCUT2D eigenvalue weighted by Crippen LogP contribution is -2.63. The molecule has 2 fully saturated rings. The Balaban J connectivity index is 1.27. The van der Waals surface area contributed by atoms with Crippen LogP contribution >= 0.6 is 0 Å². The second kappa shape index (κ2) is 8.48. The van der Waals surface area contributed by atoms with Crippen molar-refractivity contribution in [1.29, 1.82) is 0 Å². The Bertz CT molecular complexity index is 1090. The zero-order chi connectivity index (χ0) is 22.2. The van der Waals surface area contributed by atoms with E-state index in [4.69, 9.17) is 4.74 Å². The molecule has 1 atom stereocenters. The van der Waals surface area contributed by atoms with Gasteiger partial charge < -0.3 is 15.0 Å². The smallest absolute Gasteiger partial charge is 0.246 e. The number of benzene rings is 2. The van der Waals surface area contributed by atoms with Crippen LogP contribution in [0.5, 0.6) is 0 Å². The van der Waals surface area contributed by atoms with E-state index >= 15 is 0 Å². The van der Waals surface area contributed by atoms with Crippen LogP contribution in [-0.4, -0.2) is 64.6 Å². The topological polar surface area (TPSA) is 58.5 Å². The number of rotatable bonds is 5. The number of hydrogen-bond acceptors (Lipinski definition) is 6. The van der Waals surface area contributed by atoms with Gasteiger partial charge >= 0.3 is 0 Å². The number of morpholine rings is 1. The van der Waals surface area contributed by atoms with Crippen LogP contribution < -0.4 is 10.2 Å². The van der Waals surface area contributed by atoms with Gasteiger partial charge in [-0.05, 0) is 49.7 Å². The van der Waals surface area contributed by atoms with Gasteiger partial charge in [-0.1, -0.05) is 0 Å². The molecule has 5 rings (SSSR count). The Kier molecular flexibility index (Phi) is 5.52. The molecule has 0 radical (unpaired) electrons. The first-order valence-electron chi connectivity index (χ1n) is 10.8. The number of halogens is 2. The Morgan fingerprint density at radius 3 is 2.56 bits per heavy atom. The van der Waals surface area contributed by atoms with E-state index in [1.54, 1.807) is 0 Å². The maximum atomic E-state index is 13.5. The van der Waals surface area contributed by atoms with E-state index in [-0.39, 0.29) is 5.69 Å². The minimum absolute atomic E-state index is 0.275. The molecular formula is C23H26F2N6O. The molecule has 0 amide bonds. The van der Waals surface area contributed by atoms with Crippen molar-refractivity contribution in [3.8, 4) is 5.69 Å². The zero-order valence-electron chi connectivity index (χ0n) is 18.1. The van der Waals surface area contributed by atoms with Gasteiger partial charge in [-0.3, -0.25) is 4.90 Å². The van der Waals surface area contributed by atoms with E-state index in [9.17, 15) is 8.78 Å². The normalized spacial score (nSPS) is 19.8. The quantitative estimate of drug-likeness (QED) is 0.655. The van der Waals surface area contributed by atoms with Crippen LogP contribution in [0, 0.1) is 18.6 Å². The van der Waals surface area contributed by atoms with Crippen LogP contribution in [0.1, 0.15) is 12.5 Å². The van der Waals surface area contributed by atoms with Gasteiger partial charge in [0.1, 0.15) is 18.0 Å². The van der Waals surface area contributed by atoms with Crippen molar-refractivity contribution in [2.24, 2.45) is 0 Å². The maximum Gasteiger partial charge on any atom is 0.246 e. The van der Waals surface area contributed by atoms with Crippen molar-refractivity contribution in [1.82, 2.24) is 19.7 Å². The largest absolute Gasteiger partial charge is 0.379 e. The summed E-state index contributed by atoms with van der Waals surface area (Å²) in [6, 6.07) is 10.5. The third-order valence-electron chi connectivity index (χ3n) is 6.04. The summed E-state index contributed by atoms with van der Waals surface area (Å²) < 4.78 is 33.9. The van der Waals surface area contributed by atoms with Crippen molar-refractivity contribution in [3.05, 3.63) is 59.9 Å². The van der Waals surface area contributed by atoms with Crippen molar-refractivity contribution < 1.29 is 13.5 Å². The number of hydrogen-bond donors (Lipinski definition) is 1. The van der Waals surface area contributed by atoms with E-state index in [2.05, 4.69) is 51.2 Å². The summed E-state index contributed by atoms with van der Waals surface area (Å²) in [7, 11) is 0. The Labute approximate surface area is 185 Å². The molecule has 2 saturated heterocycles. The molecule has 2 aliphatic heterocycles. The van der Waals surface area contributed by atoms with Crippen molar-refractivity contribution in [2.75, 3.05) is 43.1 Å². The number of anilines is 3. The molecule has 3 heterocycles. The molecule has 0 saturated carbocycles. The fourth-order valence-electron chi connectivity index (χ4n) is 4.42. The standard InChI is InChI=1S/C23H26F2N6O/c1-15-5-19(27-23-26-14-31(28-23)21-8-17(24)7-18(25)9-21)10-20(6-15)29-11-22(12-29)30-3-4-32-13-16(30)2/h5-10,14,16,22H,3-4,11-13H2,1-2H3,(H,27,28)/t16-/m1/s1. The number of ether oxygens (including phenoxy) is 1. The van der Waals surface area contributed by atoms with Crippen molar-refractivity contribution in [2.45, 2.75) is 25.9 Å². The summed E-state index contributed by atoms with van der Waals surface area (Å²) in [5.74, 6) is -0.963. The minimum atomic E-state index is -0.660. The van der Waals surface area contributed by atoms with Crippen LogP contribution in [0.4, 0.5) is 26.1 Å². The first-order chi connectivity index (χ1) is 15.4. The molecule has 0 spiro atoms. The molecule has 3 aromatic rings. The first-order valence-corrected chi connectivity index (χ1v) is 10.8. The van der Waals surface area contributed by atoms with Crippen molar-refractivity contribution >= 4 is 17.3 Å². The van der Waals surface area contributed by atoms with Crippen LogP contribution in [0.2, 0.25) is 0 Å². The third-order valence-corrected chi connectivity index (χ3v) is 6.04. The van der Waals surface area contributed by atoms with Crippen molar-refractivity contribution in [3.63, 3.8) is 0 Å². The molecule has 32 heavy (non-hydrogen) atoms. The molecule has 1 aromatic heterocycles. The Hall–Kier alpha value is -3.04. The highest BCUT2D eigenvalue weighted by Gasteiger charge is 2.35. The summed E-state index contributed by atoms with van der Waals surface area (Å²) in [4.78, 5) is 9.14. The summed E-state index contributed by atoms with van der Waals surface area (Å²) in [6.45, 7) is 8.86. The summed E-state index contributed by atoms with van der Waals surface area (Å²) in [5, 5.41) is 7.51. The monoisotopic (exact) mass is 440 g/mol. The zero-order valence-corrected chi connectivity index (χ0v) is 18.1. The van der Waals surface area contributed by atoms with Gasteiger partial charge in [0.15, 0.2) is 0 Å². The fraction of sp³-hybridized carbons (Fsp3) is 0.391. The van der Waals surface area contributed by atoms with E-state index < -0.39 is 11.6 Å².